The van der Waals surface area contributed by atoms with E-state index in [-0.39, 0.29) is 0 Å². The summed E-state index contributed by atoms with van der Waals surface area (Å²) in [5, 5.41) is 17.4. The van der Waals surface area contributed by atoms with Crippen molar-refractivity contribution in [2.45, 2.75) is 12.5 Å². The van der Waals surface area contributed by atoms with Gasteiger partial charge in [0, 0.05) is 17.4 Å². The molecule has 3 nitrogen and oxygen atoms in total. The second-order valence-electron chi connectivity index (χ2n) is 2.77. The van der Waals surface area contributed by atoms with Crippen molar-refractivity contribution < 1.29 is 5.11 Å². The molecule has 2 aromatic heterocycles. The molecular weight excluding hydrogens is 240 g/mol. The zero-order valence-corrected chi connectivity index (χ0v) is 9.44. The van der Waals surface area contributed by atoms with Crippen LogP contribution in [0.15, 0.2) is 16.8 Å². The number of hydrogen-bond acceptors (Lipinski definition) is 5. The predicted octanol–water partition coefficient (Wildman–Crippen LogP) is 2.53. The van der Waals surface area contributed by atoms with Gasteiger partial charge in [-0.2, -0.15) is 0 Å². The number of aliphatic hydroxyl groups is 1. The van der Waals surface area contributed by atoms with Crippen LogP contribution >= 0.6 is 34.5 Å². The summed E-state index contributed by atoms with van der Waals surface area (Å²) in [6.07, 6.45) is -0.120. The summed E-state index contributed by atoms with van der Waals surface area (Å²) >= 11 is 8.60. The lowest BCUT2D eigenvalue weighted by molar-refractivity contribution is 0.178. The minimum absolute atomic E-state index is 0.465. The number of thiophene rings is 1. The van der Waals surface area contributed by atoms with Gasteiger partial charge >= 0.3 is 0 Å². The van der Waals surface area contributed by atoms with Crippen LogP contribution in [0.4, 0.5) is 0 Å². The quantitative estimate of drug-likeness (QED) is 0.905. The molecule has 0 spiro atoms. The van der Waals surface area contributed by atoms with Gasteiger partial charge < -0.3 is 5.11 Å². The first-order valence-corrected chi connectivity index (χ1v) is 6.03. The van der Waals surface area contributed by atoms with Crippen molar-refractivity contribution >= 4 is 34.5 Å². The second kappa shape index (κ2) is 4.35. The van der Waals surface area contributed by atoms with Crippen molar-refractivity contribution in [1.82, 2.24) is 9.59 Å². The SMILES string of the molecule is OC(Cc1csnn1)c1ccsc1Cl. The number of halogens is 1. The molecule has 0 aliphatic carbocycles. The van der Waals surface area contributed by atoms with Crippen LogP contribution in [0, 0.1) is 0 Å². The third kappa shape index (κ3) is 2.12. The molecule has 1 unspecified atom stereocenters. The smallest absolute Gasteiger partial charge is 0.0986 e. The van der Waals surface area contributed by atoms with Gasteiger partial charge in [0.15, 0.2) is 0 Å². The molecule has 0 aromatic carbocycles. The predicted molar refractivity (Wildman–Crippen MR) is 57.9 cm³/mol. The highest BCUT2D eigenvalue weighted by atomic mass is 35.5. The summed E-state index contributed by atoms with van der Waals surface area (Å²) < 4.78 is 4.37. The Balaban J connectivity index is 2.10. The molecule has 0 fully saturated rings. The van der Waals surface area contributed by atoms with Crippen LogP contribution in [0.5, 0.6) is 0 Å². The van der Waals surface area contributed by atoms with E-state index in [1.165, 1.54) is 22.9 Å². The molecule has 0 aliphatic heterocycles. The molecule has 6 heteroatoms. The van der Waals surface area contributed by atoms with Gasteiger partial charge in [-0.05, 0) is 23.0 Å². The van der Waals surface area contributed by atoms with E-state index in [4.69, 9.17) is 11.6 Å². The highest BCUT2D eigenvalue weighted by Gasteiger charge is 2.14. The summed E-state index contributed by atoms with van der Waals surface area (Å²) in [6.45, 7) is 0. The first-order valence-electron chi connectivity index (χ1n) is 3.94. The van der Waals surface area contributed by atoms with Gasteiger partial charge in [-0.25, -0.2) is 0 Å². The highest BCUT2D eigenvalue weighted by molar-refractivity contribution is 7.14. The number of hydrogen-bond donors (Lipinski definition) is 1. The van der Waals surface area contributed by atoms with E-state index in [0.717, 1.165) is 11.3 Å². The first-order chi connectivity index (χ1) is 6.77. The number of aromatic nitrogens is 2. The fourth-order valence-electron chi connectivity index (χ4n) is 1.12. The molecule has 0 amide bonds. The third-order valence-electron chi connectivity index (χ3n) is 1.81. The Kier molecular flexibility index (Phi) is 3.12. The Bertz CT molecular complexity index is 401. The summed E-state index contributed by atoms with van der Waals surface area (Å²) in [6, 6.07) is 1.83. The maximum absolute atomic E-state index is 9.82. The van der Waals surface area contributed by atoms with Gasteiger partial charge in [0.2, 0.25) is 0 Å². The maximum Gasteiger partial charge on any atom is 0.0986 e. The van der Waals surface area contributed by atoms with Crippen molar-refractivity contribution in [2.24, 2.45) is 0 Å². The van der Waals surface area contributed by atoms with E-state index >= 15 is 0 Å². The normalized spacial score (nSPS) is 13.0. The molecule has 0 bridgehead atoms. The van der Waals surface area contributed by atoms with Crippen LogP contribution in [-0.2, 0) is 6.42 Å². The first kappa shape index (κ1) is 10.0. The summed E-state index contributed by atoms with van der Waals surface area (Å²) in [4.78, 5) is 0. The Hall–Kier alpha value is -0.490. The molecule has 0 radical (unpaired) electrons. The molecule has 2 rings (SSSR count). The third-order valence-corrected chi connectivity index (χ3v) is 3.57. The molecule has 14 heavy (non-hydrogen) atoms. The van der Waals surface area contributed by atoms with Crippen molar-refractivity contribution in [3.8, 4) is 0 Å². The molecule has 2 aromatic rings. The zero-order chi connectivity index (χ0) is 9.97. The lowest BCUT2D eigenvalue weighted by Crippen LogP contribution is -2.01. The molecular formula is C8H7ClN2OS2. The van der Waals surface area contributed by atoms with E-state index in [9.17, 15) is 5.11 Å². The zero-order valence-electron chi connectivity index (χ0n) is 7.05. The van der Waals surface area contributed by atoms with Crippen LogP contribution in [0.3, 0.4) is 0 Å². The van der Waals surface area contributed by atoms with Gasteiger partial charge in [0.05, 0.1) is 16.1 Å². The minimum atomic E-state index is -0.586. The highest BCUT2D eigenvalue weighted by Crippen LogP contribution is 2.29. The van der Waals surface area contributed by atoms with Gasteiger partial charge in [-0.1, -0.05) is 16.1 Å². The van der Waals surface area contributed by atoms with Gasteiger partial charge in [-0.3, -0.25) is 0 Å². The summed E-state index contributed by atoms with van der Waals surface area (Å²) in [5.41, 5.74) is 1.56. The van der Waals surface area contributed by atoms with Crippen LogP contribution < -0.4 is 0 Å². The fraction of sp³-hybridized carbons (Fsp3) is 0.250. The molecule has 0 saturated carbocycles. The largest absolute Gasteiger partial charge is 0.388 e. The minimum Gasteiger partial charge on any atom is -0.388 e. The summed E-state index contributed by atoms with van der Waals surface area (Å²) in [7, 11) is 0. The van der Waals surface area contributed by atoms with Crippen LogP contribution in [0.25, 0.3) is 0 Å². The standard InChI is InChI=1S/C8H7ClN2OS2/c9-8-6(1-2-13-8)7(12)3-5-4-14-11-10-5/h1-2,4,7,12H,3H2. The Morgan fingerprint density at radius 3 is 3.00 bits per heavy atom. The Morgan fingerprint density at radius 2 is 2.43 bits per heavy atom. The summed E-state index contributed by atoms with van der Waals surface area (Å²) in [5.74, 6) is 0. The van der Waals surface area contributed by atoms with Gasteiger partial charge in [-0.15, -0.1) is 16.4 Å². The van der Waals surface area contributed by atoms with E-state index in [1.807, 2.05) is 16.8 Å². The molecule has 2 heterocycles. The lowest BCUT2D eigenvalue weighted by atomic mass is 10.1. The molecule has 1 N–H and O–H groups in total. The van der Waals surface area contributed by atoms with Crippen molar-refractivity contribution in [2.75, 3.05) is 0 Å². The topological polar surface area (TPSA) is 46.0 Å². The molecule has 0 aliphatic rings. The Morgan fingerprint density at radius 1 is 1.57 bits per heavy atom. The van der Waals surface area contributed by atoms with Gasteiger partial charge in [0.25, 0.3) is 0 Å². The van der Waals surface area contributed by atoms with Crippen LogP contribution in [0.1, 0.15) is 17.4 Å². The monoisotopic (exact) mass is 246 g/mol. The Labute approximate surface area is 94.1 Å². The number of rotatable bonds is 3. The molecule has 1 atom stereocenters. The van der Waals surface area contributed by atoms with Crippen molar-refractivity contribution in [3.63, 3.8) is 0 Å². The van der Waals surface area contributed by atoms with Gasteiger partial charge in [0.1, 0.15) is 0 Å². The fourth-order valence-corrected chi connectivity index (χ4v) is 2.61. The molecule has 0 saturated heterocycles. The molecule has 74 valence electrons. The van der Waals surface area contributed by atoms with E-state index in [0.29, 0.717) is 10.8 Å². The maximum atomic E-state index is 9.82. The van der Waals surface area contributed by atoms with Crippen LogP contribution in [-0.4, -0.2) is 14.7 Å². The number of nitrogens with zero attached hydrogens (tertiary/aromatic N) is 2. The lowest BCUT2D eigenvalue weighted by Gasteiger charge is -2.06. The van der Waals surface area contributed by atoms with Crippen molar-refractivity contribution in [1.29, 1.82) is 0 Å². The van der Waals surface area contributed by atoms with E-state index in [1.54, 1.807) is 0 Å². The van der Waals surface area contributed by atoms with E-state index < -0.39 is 6.10 Å². The average Bonchev–Trinajstić information content (AvgIpc) is 2.75. The number of aliphatic hydroxyl groups excluding tert-OH is 1. The van der Waals surface area contributed by atoms with Crippen molar-refractivity contribution in [3.05, 3.63) is 32.4 Å². The van der Waals surface area contributed by atoms with Crippen LogP contribution in [0.2, 0.25) is 4.34 Å². The van der Waals surface area contributed by atoms with E-state index in [2.05, 4.69) is 9.59 Å². The average molecular weight is 247 g/mol. The second-order valence-corrected chi connectivity index (χ2v) is 4.89.